The number of hydrazine groups is 1. The summed E-state index contributed by atoms with van der Waals surface area (Å²) in [5.41, 5.74) is 16.7. The lowest BCUT2D eigenvalue weighted by atomic mass is 10.1. The molecule has 0 spiro atoms. The van der Waals surface area contributed by atoms with Gasteiger partial charge in [-0.15, -0.1) is 0 Å². The molecule has 1 aliphatic carbocycles. The molecule has 1 amide bonds. The molecular formula is C29H31ClN6O3. The normalized spacial score (nSPS) is 12.7. The van der Waals surface area contributed by atoms with Gasteiger partial charge < -0.3 is 25.9 Å². The second kappa shape index (κ2) is 12.1. The molecule has 1 heterocycles. The average molecular weight is 547 g/mol. The zero-order chi connectivity index (χ0) is 27.2. The van der Waals surface area contributed by atoms with E-state index in [1.54, 1.807) is 23.0 Å². The highest BCUT2D eigenvalue weighted by Crippen LogP contribution is 2.25. The number of amides is 1. The molecule has 0 radical (unpaired) electrons. The first-order valence-electron chi connectivity index (χ1n) is 12.8. The second-order valence-electron chi connectivity index (χ2n) is 9.38. The first kappa shape index (κ1) is 26.4. The number of nitrogens with zero attached hydrogens (tertiary/aromatic N) is 2. The number of carbonyl (C=O) groups excluding carboxylic acids is 1. The van der Waals surface area contributed by atoms with Gasteiger partial charge in [-0.05, 0) is 79.4 Å². The molecule has 10 heteroatoms. The summed E-state index contributed by atoms with van der Waals surface area (Å²) in [6.07, 6.45) is 3.73. The van der Waals surface area contributed by atoms with E-state index in [9.17, 15) is 4.79 Å². The molecule has 5 N–H and O–H groups in total. The maximum atomic E-state index is 12.5. The number of ether oxygens (including phenoxy) is 2. The third-order valence-corrected chi connectivity index (χ3v) is 6.52. The van der Waals surface area contributed by atoms with Gasteiger partial charge in [-0.1, -0.05) is 29.8 Å². The monoisotopic (exact) mass is 546 g/mol. The smallest absolute Gasteiger partial charge is 0.251 e. The minimum Gasteiger partial charge on any atom is -0.490 e. The van der Waals surface area contributed by atoms with Crippen LogP contribution in [-0.4, -0.2) is 34.9 Å². The third-order valence-electron chi connectivity index (χ3n) is 6.27. The SMILES string of the molecule is Cc1ccc(C(=O)NC2CC2)cc1-n1ncc(NNCc2cccc(OCCOc3ccc(Cl)cc3)c2)c1N. The van der Waals surface area contributed by atoms with Gasteiger partial charge in [-0.2, -0.15) is 5.10 Å². The van der Waals surface area contributed by atoms with Gasteiger partial charge in [-0.3, -0.25) is 4.79 Å². The van der Waals surface area contributed by atoms with Crippen molar-refractivity contribution in [3.8, 4) is 17.2 Å². The summed E-state index contributed by atoms with van der Waals surface area (Å²) in [5, 5.41) is 8.14. The van der Waals surface area contributed by atoms with Crippen LogP contribution in [0.2, 0.25) is 5.02 Å². The standard InChI is InChI=1S/C29H31ClN6O3/c1-19-5-6-21(29(37)34-23-9-10-23)16-27(19)36-28(31)26(18-33-36)35-32-17-20-3-2-4-25(15-20)39-14-13-38-24-11-7-22(30)8-12-24/h2-8,11-12,15-16,18,23,32,35H,9-10,13-14,17,31H2,1H3,(H,34,37). The molecule has 3 aromatic carbocycles. The summed E-state index contributed by atoms with van der Waals surface area (Å²) in [6, 6.07) is 20.9. The molecule has 1 fully saturated rings. The Bertz CT molecular complexity index is 1440. The Balaban J connectivity index is 1.13. The first-order valence-corrected chi connectivity index (χ1v) is 13.2. The highest BCUT2D eigenvalue weighted by molar-refractivity contribution is 6.30. The van der Waals surface area contributed by atoms with Crippen LogP contribution in [0.25, 0.3) is 5.69 Å². The number of hydrogen-bond donors (Lipinski definition) is 4. The van der Waals surface area contributed by atoms with Crippen molar-refractivity contribution >= 4 is 29.0 Å². The minimum absolute atomic E-state index is 0.0789. The van der Waals surface area contributed by atoms with Crippen LogP contribution >= 0.6 is 11.6 Å². The van der Waals surface area contributed by atoms with Crippen molar-refractivity contribution in [1.82, 2.24) is 20.5 Å². The zero-order valence-corrected chi connectivity index (χ0v) is 22.4. The summed E-state index contributed by atoms with van der Waals surface area (Å²) in [6.45, 7) is 3.32. The summed E-state index contributed by atoms with van der Waals surface area (Å²) in [7, 11) is 0. The molecule has 1 aromatic heterocycles. The summed E-state index contributed by atoms with van der Waals surface area (Å²) < 4.78 is 13.1. The Morgan fingerprint density at radius 2 is 1.82 bits per heavy atom. The maximum Gasteiger partial charge on any atom is 0.251 e. The first-order chi connectivity index (χ1) is 19.0. The number of nitrogens with one attached hydrogen (secondary N) is 3. The number of rotatable bonds is 12. The molecule has 4 aromatic rings. The third kappa shape index (κ3) is 7.01. The molecule has 202 valence electrons. The van der Waals surface area contributed by atoms with Crippen LogP contribution in [0.4, 0.5) is 11.5 Å². The number of benzene rings is 3. The molecule has 0 bridgehead atoms. The fourth-order valence-corrected chi connectivity index (χ4v) is 4.08. The number of nitrogens with two attached hydrogens (primary N) is 1. The van der Waals surface area contributed by atoms with Crippen molar-refractivity contribution in [3.63, 3.8) is 0 Å². The van der Waals surface area contributed by atoms with Crippen molar-refractivity contribution in [2.75, 3.05) is 24.4 Å². The van der Waals surface area contributed by atoms with Crippen LogP contribution in [0.5, 0.6) is 11.5 Å². The number of nitrogen functional groups attached to an aromatic ring is 1. The van der Waals surface area contributed by atoms with E-state index in [4.69, 9.17) is 26.8 Å². The lowest BCUT2D eigenvalue weighted by Gasteiger charge is -2.12. The number of carbonyl (C=O) groups is 1. The molecule has 5 rings (SSSR count). The summed E-state index contributed by atoms with van der Waals surface area (Å²) in [5.74, 6) is 1.85. The van der Waals surface area contributed by atoms with Gasteiger partial charge in [0.2, 0.25) is 0 Å². The Morgan fingerprint density at radius 3 is 2.59 bits per heavy atom. The molecule has 0 unspecified atom stereocenters. The van der Waals surface area contributed by atoms with Crippen molar-refractivity contribution in [3.05, 3.63) is 94.6 Å². The molecule has 1 saturated carbocycles. The van der Waals surface area contributed by atoms with E-state index in [0.717, 1.165) is 41.2 Å². The van der Waals surface area contributed by atoms with Gasteiger partial charge in [0.1, 0.15) is 30.4 Å². The quantitative estimate of drug-likeness (QED) is 0.148. The molecule has 1 aliphatic rings. The molecule has 0 aliphatic heterocycles. The van der Waals surface area contributed by atoms with Crippen molar-refractivity contribution in [2.24, 2.45) is 0 Å². The number of halogens is 1. The van der Waals surface area contributed by atoms with Gasteiger partial charge in [0.25, 0.3) is 5.91 Å². The van der Waals surface area contributed by atoms with Gasteiger partial charge >= 0.3 is 0 Å². The Labute approximate surface area is 232 Å². The topological polar surface area (TPSA) is 115 Å². The fraction of sp³-hybridized carbons (Fsp3) is 0.241. The van der Waals surface area contributed by atoms with E-state index < -0.39 is 0 Å². The molecule has 0 atom stereocenters. The summed E-state index contributed by atoms with van der Waals surface area (Å²) in [4.78, 5) is 12.5. The maximum absolute atomic E-state index is 12.5. The van der Waals surface area contributed by atoms with Gasteiger partial charge in [-0.25, -0.2) is 10.1 Å². The van der Waals surface area contributed by atoms with E-state index in [-0.39, 0.29) is 5.91 Å². The van der Waals surface area contributed by atoms with Crippen LogP contribution in [0.1, 0.15) is 34.3 Å². The van der Waals surface area contributed by atoms with Crippen LogP contribution in [0.15, 0.2) is 72.9 Å². The lowest BCUT2D eigenvalue weighted by molar-refractivity contribution is 0.0951. The number of aryl methyl sites for hydroxylation is 1. The number of anilines is 2. The Hall–Kier alpha value is -4.21. The molecule has 9 nitrogen and oxygen atoms in total. The van der Waals surface area contributed by atoms with E-state index in [2.05, 4.69) is 21.3 Å². The minimum atomic E-state index is -0.0789. The highest BCUT2D eigenvalue weighted by atomic mass is 35.5. The molecule has 39 heavy (non-hydrogen) atoms. The summed E-state index contributed by atoms with van der Waals surface area (Å²) >= 11 is 5.89. The largest absolute Gasteiger partial charge is 0.490 e. The van der Waals surface area contributed by atoms with Gasteiger partial charge in [0.05, 0.1) is 11.9 Å². The number of aromatic nitrogens is 2. The van der Waals surface area contributed by atoms with Crippen LogP contribution in [0.3, 0.4) is 0 Å². The van der Waals surface area contributed by atoms with Crippen molar-refractivity contribution in [2.45, 2.75) is 32.4 Å². The van der Waals surface area contributed by atoms with E-state index in [0.29, 0.717) is 47.9 Å². The van der Waals surface area contributed by atoms with E-state index in [1.807, 2.05) is 61.5 Å². The van der Waals surface area contributed by atoms with Crippen LogP contribution < -0.4 is 31.4 Å². The predicted octanol–water partition coefficient (Wildman–Crippen LogP) is 4.88. The van der Waals surface area contributed by atoms with Crippen molar-refractivity contribution < 1.29 is 14.3 Å². The van der Waals surface area contributed by atoms with Crippen molar-refractivity contribution in [1.29, 1.82) is 0 Å². The van der Waals surface area contributed by atoms with E-state index >= 15 is 0 Å². The Morgan fingerprint density at radius 1 is 1.05 bits per heavy atom. The molecule has 0 saturated heterocycles. The predicted molar refractivity (Wildman–Crippen MR) is 153 cm³/mol. The average Bonchev–Trinajstić information content (AvgIpc) is 3.68. The van der Waals surface area contributed by atoms with Gasteiger partial charge in [0.15, 0.2) is 5.82 Å². The van der Waals surface area contributed by atoms with Crippen LogP contribution in [-0.2, 0) is 6.54 Å². The van der Waals surface area contributed by atoms with E-state index in [1.165, 1.54) is 0 Å². The van der Waals surface area contributed by atoms with Gasteiger partial charge in [0, 0.05) is 23.2 Å². The fourth-order valence-electron chi connectivity index (χ4n) is 3.96. The second-order valence-corrected chi connectivity index (χ2v) is 9.82. The lowest BCUT2D eigenvalue weighted by Crippen LogP contribution is -2.25. The Kier molecular flexibility index (Phi) is 8.19. The zero-order valence-electron chi connectivity index (χ0n) is 21.6. The highest BCUT2D eigenvalue weighted by Gasteiger charge is 2.24. The van der Waals surface area contributed by atoms with Crippen LogP contribution in [0, 0.1) is 6.92 Å². The molecular weight excluding hydrogens is 516 g/mol. The number of hydrogen-bond acceptors (Lipinski definition) is 7.